The number of aryl methyl sites for hydroxylation is 2. The molecule has 1 aliphatic rings. The van der Waals surface area contributed by atoms with Gasteiger partial charge in [-0.05, 0) is 48.7 Å². The lowest BCUT2D eigenvalue weighted by molar-refractivity contribution is -0.132. The topological polar surface area (TPSA) is 52.7 Å². The van der Waals surface area contributed by atoms with Crippen LogP contribution in [-0.2, 0) is 11.2 Å². The summed E-state index contributed by atoms with van der Waals surface area (Å²) in [5, 5.41) is 4.08. The van der Waals surface area contributed by atoms with E-state index in [1.54, 1.807) is 21.9 Å². The van der Waals surface area contributed by atoms with Gasteiger partial charge in [0.25, 0.3) is 0 Å². The average molecular weight is 420 g/mol. The van der Waals surface area contributed by atoms with Gasteiger partial charge >= 0.3 is 6.03 Å². The lowest BCUT2D eigenvalue weighted by Gasteiger charge is -2.34. The minimum atomic E-state index is -0.134. The highest BCUT2D eigenvalue weighted by Gasteiger charge is 2.24. The molecule has 2 aromatic carbocycles. The summed E-state index contributed by atoms with van der Waals surface area (Å²) in [5.74, 6) is 0.0739. The lowest BCUT2D eigenvalue weighted by atomic mass is 10.1. The molecule has 0 aliphatic carbocycles. The number of carbonyl (C=O) groups is 2. The highest BCUT2D eigenvalue weighted by Crippen LogP contribution is 2.22. The van der Waals surface area contributed by atoms with Gasteiger partial charge in [0.15, 0.2) is 0 Å². The second-order valence-electron chi connectivity index (χ2n) is 6.90. The molecule has 7 heteroatoms. The van der Waals surface area contributed by atoms with Gasteiger partial charge in [-0.3, -0.25) is 4.79 Å². The smallest absolute Gasteiger partial charge is 0.321 e. The van der Waals surface area contributed by atoms with Crippen LogP contribution in [0.4, 0.5) is 10.5 Å². The van der Waals surface area contributed by atoms with E-state index >= 15 is 0 Å². The fraction of sp³-hybridized carbons (Fsp3) is 0.333. The molecule has 1 N–H and O–H groups in total. The zero-order valence-electron chi connectivity index (χ0n) is 15.8. The SMILES string of the molecule is Cc1cccc(NC(=O)N2CCN(C(=O)CCc3ccc(Cl)cc3Cl)CC2)c1. The van der Waals surface area contributed by atoms with E-state index in [1.165, 1.54) is 0 Å². The number of halogens is 2. The number of benzene rings is 2. The van der Waals surface area contributed by atoms with Crippen LogP contribution in [0.25, 0.3) is 0 Å². The molecule has 0 atom stereocenters. The molecule has 3 amide bonds. The lowest BCUT2D eigenvalue weighted by Crippen LogP contribution is -2.51. The Hall–Kier alpha value is -2.24. The van der Waals surface area contributed by atoms with Crippen LogP contribution >= 0.6 is 23.2 Å². The minimum absolute atomic E-state index is 0.0739. The van der Waals surface area contributed by atoms with Crippen molar-refractivity contribution in [3.63, 3.8) is 0 Å². The maximum absolute atomic E-state index is 12.5. The van der Waals surface area contributed by atoms with E-state index < -0.39 is 0 Å². The van der Waals surface area contributed by atoms with Crippen molar-refractivity contribution in [2.45, 2.75) is 19.8 Å². The van der Waals surface area contributed by atoms with Gasteiger partial charge in [0.2, 0.25) is 5.91 Å². The molecule has 5 nitrogen and oxygen atoms in total. The van der Waals surface area contributed by atoms with E-state index in [0.717, 1.165) is 16.8 Å². The van der Waals surface area contributed by atoms with Crippen molar-refractivity contribution in [2.24, 2.45) is 0 Å². The summed E-state index contributed by atoms with van der Waals surface area (Å²) in [7, 11) is 0. The van der Waals surface area contributed by atoms with Gasteiger partial charge in [-0.25, -0.2) is 4.79 Å². The standard InChI is InChI=1S/C21H23Cl2N3O2/c1-15-3-2-4-18(13-15)24-21(28)26-11-9-25(10-12-26)20(27)8-6-16-5-7-17(22)14-19(16)23/h2-5,7,13-14H,6,8-12H2,1H3,(H,24,28). The summed E-state index contributed by atoms with van der Waals surface area (Å²) in [4.78, 5) is 28.5. The number of nitrogens with zero attached hydrogens (tertiary/aromatic N) is 2. The first kappa shape index (κ1) is 20.5. The molecular formula is C21H23Cl2N3O2. The highest BCUT2D eigenvalue weighted by atomic mass is 35.5. The number of anilines is 1. The van der Waals surface area contributed by atoms with Crippen molar-refractivity contribution >= 4 is 40.8 Å². The van der Waals surface area contributed by atoms with Crippen LogP contribution in [0.1, 0.15) is 17.5 Å². The van der Waals surface area contributed by atoms with Crippen molar-refractivity contribution in [2.75, 3.05) is 31.5 Å². The maximum atomic E-state index is 12.5. The van der Waals surface area contributed by atoms with Crippen LogP contribution in [0, 0.1) is 6.92 Å². The average Bonchev–Trinajstić information content (AvgIpc) is 2.67. The van der Waals surface area contributed by atoms with E-state index in [0.29, 0.717) is 49.1 Å². The molecule has 0 bridgehead atoms. The molecule has 148 valence electrons. The molecule has 0 spiro atoms. The Bertz CT molecular complexity index is 864. The summed E-state index contributed by atoms with van der Waals surface area (Å²) in [6, 6.07) is 12.9. The highest BCUT2D eigenvalue weighted by molar-refractivity contribution is 6.35. The van der Waals surface area contributed by atoms with E-state index in [2.05, 4.69) is 5.32 Å². The molecule has 0 unspecified atom stereocenters. The number of hydrogen-bond donors (Lipinski definition) is 1. The molecule has 1 fully saturated rings. The first-order valence-corrected chi connectivity index (χ1v) is 10.0. The van der Waals surface area contributed by atoms with Crippen molar-refractivity contribution in [1.82, 2.24) is 9.80 Å². The number of piperazine rings is 1. The Morgan fingerprint density at radius 2 is 1.71 bits per heavy atom. The number of urea groups is 1. The van der Waals surface area contributed by atoms with Crippen LogP contribution in [0.2, 0.25) is 10.0 Å². The molecule has 1 aliphatic heterocycles. The first-order valence-electron chi connectivity index (χ1n) is 9.26. The van der Waals surface area contributed by atoms with E-state index in [9.17, 15) is 9.59 Å². The predicted octanol–water partition coefficient (Wildman–Crippen LogP) is 4.61. The third-order valence-corrected chi connectivity index (χ3v) is 5.40. The summed E-state index contributed by atoms with van der Waals surface area (Å²) < 4.78 is 0. The number of carbonyl (C=O) groups excluding carboxylic acids is 2. The second-order valence-corrected chi connectivity index (χ2v) is 7.75. The molecule has 28 heavy (non-hydrogen) atoms. The van der Waals surface area contributed by atoms with Gasteiger partial charge in [-0.1, -0.05) is 41.4 Å². The molecule has 1 heterocycles. The molecule has 2 aromatic rings. The quantitative estimate of drug-likeness (QED) is 0.786. The van der Waals surface area contributed by atoms with Gasteiger partial charge < -0.3 is 15.1 Å². The Kier molecular flexibility index (Phi) is 6.81. The molecule has 0 radical (unpaired) electrons. The third kappa shape index (κ3) is 5.40. The molecule has 1 saturated heterocycles. The maximum Gasteiger partial charge on any atom is 0.321 e. The number of nitrogens with one attached hydrogen (secondary N) is 1. The van der Waals surface area contributed by atoms with Crippen molar-refractivity contribution in [3.05, 3.63) is 63.6 Å². The van der Waals surface area contributed by atoms with E-state index in [4.69, 9.17) is 23.2 Å². The summed E-state index contributed by atoms with van der Waals surface area (Å²) in [6.07, 6.45) is 0.958. The van der Waals surface area contributed by atoms with Crippen LogP contribution in [0.5, 0.6) is 0 Å². The van der Waals surface area contributed by atoms with Crippen LogP contribution < -0.4 is 5.32 Å². The third-order valence-electron chi connectivity index (χ3n) is 4.81. The molecule has 0 aromatic heterocycles. The van der Waals surface area contributed by atoms with Crippen LogP contribution in [0.3, 0.4) is 0 Å². The Morgan fingerprint density at radius 1 is 1.00 bits per heavy atom. The molecule has 3 rings (SSSR count). The van der Waals surface area contributed by atoms with Crippen molar-refractivity contribution < 1.29 is 9.59 Å². The number of rotatable bonds is 4. The summed E-state index contributed by atoms with van der Waals surface area (Å²) in [6.45, 7) is 4.09. The predicted molar refractivity (Wildman–Crippen MR) is 113 cm³/mol. The Labute approximate surface area is 175 Å². The zero-order chi connectivity index (χ0) is 20.1. The van der Waals surface area contributed by atoms with Gasteiger partial charge in [0, 0.05) is 48.3 Å². The normalized spacial score (nSPS) is 14.1. The van der Waals surface area contributed by atoms with E-state index in [1.807, 2.05) is 37.3 Å². The number of hydrogen-bond acceptors (Lipinski definition) is 2. The van der Waals surface area contributed by atoms with Crippen molar-refractivity contribution in [3.8, 4) is 0 Å². The largest absolute Gasteiger partial charge is 0.339 e. The summed E-state index contributed by atoms with van der Waals surface area (Å²) in [5.41, 5.74) is 2.79. The van der Waals surface area contributed by atoms with Crippen LogP contribution in [0.15, 0.2) is 42.5 Å². The summed E-state index contributed by atoms with van der Waals surface area (Å²) >= 11 is 12.1. The molecule has 0 saturated carbocycles. The molecular weight excluding hydrogens is 397 g/mol. The van der Waals surface area contributed by atoms with Gasteiger partial charge in [-0.2, -0.15) is 0 Å². The fourth-order valence-electron chi connectivity index (χ4n) is 3.21. The Balaban J connectivity index is 1.46. The Morgan fingerprint density at radius 3 is 2.39 bits per heavy atom. The second kappa shape index (κ2) is 9.30. The minimum Gasteiger partial charge on any atom is -0.339 e. The number of amides is 3. The first-order chi connectivity index (χ1) is 13.4. The van der Waals surface area contributed by atoms with Gasteiger partial charge in [-0.15, -0.1) is 0 Å². The van der Waals surface area contributed by atoms with Crippen LogP contribution in [-0.4, -0.2) is 47.9 Å². The van der Waals surface area contributed by atoms with E-state index in [-0.39, 0.29) is 11.9 Å². The van der Waals surface area contributed by atoms with Gasteiger partial charge in [0.1, 0.15) is 0 Å². The van der Waals surface area contributed by atoms with Crippen molar-refractivity contribution in [1.29, 1.82) is 0 Å². The zero-order valence-corrected chi connectivity index (χ0v) is 17.3. The van der Waals surface area contributed by atoms with Gasteiger partial charge in [0.05, 0.1) is 0 Å². The monoisotopic (exact) mass is 419 g/mol. The fourth-order valence-corrected chi connectivity index (χ4v) is 3.71.